The molecule has 0 bridgehead atoms. The van der Waals surface area contributed by atoms with Gasteiger partial charge in [-0.2, -0.15) is 0 Å². The highest BCUT2D eigenvalue weighted by molar-refractivity contribution is 7.13. The highest BCUT2D eigenvalue weighted by Crippen LogP contribution is 2.27. The molecule has 0 saturated carbocycles. The maximum absolute atomic E-state index is 5.65. The molecule has 1 aromatic heterocycles. The van der Waals surface area contributed by atoms with E-state index in [0.717, 1.165) is 33.5 Å². The fourth-order valence-corrected chi connectivity index (χ4v) is 3.89. The Bertz CT molecular complexity index is 882. The summed E-state index contributed by atoms with van der Waals surface area (Å²) in [5, 5.41) is 2.99. The number of anilines is 1. The van der Waals surface area contributed by atoms with E-state index in [0.29, 0.717) is 39.5 Å². The van der Waals surface area contributed by atoms with Crippen molar-refractivity contribution in [3.05, 3.63) is 77.7 Å². The smallest absolute Gasteiger partial charge is 0.186 e. The molecule has 1 radical (unpaired) electrons. The van der Waals surface area contributed by atoms with Crippen LogP contribution in [0.2, 0.25) is 0 Å². The van der Waals surface area contributed by atoms with E-state index < -0.39 is 0 Å². The molecule has 1 heterocycles. The van der Waals surface area contributed by atoms with E-state index in [9.17, 15) is 0 Å². The van der Waals surface area contributed by atoms with Crippen LogP contribution in [0.4, 0.5) is 5.13 Å². The second-order valence-corrected chi connectivity index (χ2v) is 7.68. The van der Waals surface area contributed by atoms with Gasteiger partial charge in [0.1, 0.15) is 11.5 Å². The van der Waals surface area contributed by atoms with Gasteiger partial charge in [0, 0.05) is 25.1 Å². The molecule has 31 heavy (non-hydrogen) atoms. The molecule has 165 valence electrons. The minimum absolute atomic E-state index is 0.452. The second-order valence-electron chi connectivity index (χ2n) is 6.85. The zero-order valence-electron chi connectivity index (χ0n) is 18.1. The summed E-state index contributed by atoms with van der Waals surface area (Å²) in [7, 11) is 3.37. The number of ether oxygens (including phenoxy) is 4. The highest BCUT2D eigenvalue weighted by Gasteiger charge is 2.14. The molecule has 0 unspecified atom stereocenters. The van der Waals surface area contributed by atoms with Gasteiger partial charge < -0.3 is 23.8 Å². The first-order valence-electron chi connectivity index (χ1n) is 10.1. The number of benzene rings is 2. The van der Waals surface area contributed by atoms with Crippen LogP contribution in [0, 0.1) is 6.92 Å². The van der Waals surface area contributed by atoms with Gasteiger partial charge in [-0.15, -0.1) is 11.3 Å². The van der Waals surface area contributed by atoms with Crippen molar-refractivity contribution >= 4 is 16.5 Å². The topological polar surface area (TPSA) is 53.1 Å². The van der Waals surface area contributed by atoms with Crippen LogP contribution in [0.5, 0.6) is 11.5 Å². The molecule has 0 aliphatic carbocycles. The number of aromatic nitrogens is 1. The molecule has 0 fully saturated rings. The first-order chi connectivity index (χ1) is 15.2. The number of hydrogen-bond donors (Lipinski definition) is 0. The number of hydrogen-bond acceptors (Lipinski definition) is 7. The van der Waals surface area contributed by atoms with Crippen LogP contribution in [0.15, 0.2) is 53.9 Å². The van der Waals surface area contributed by atoms with Gasteiger partial charge in [-0.3, -0.25) is 0 Å². The molecule has 0 spiro atoms. The van der Waals surface area contributed by atoms with E-state index in [1.54, 1.807) is 25.6 Å². The van der Waals surface area contributed by atoms with Gasteiger partial charge in [-0.1, -0.05) is 24.3 Å². The third-order valence-corrected chi connectivity index (χ3v) is 5.54. The third-order valence-electron chi connectivity index (χ3n) is 4.59. The molecule has 0 aliphatic rings. The summed E-state index contributed by atoms with van der Waals surface area (Å²) < 4.78 is 21.6. The lowest BCUT2D eigenvalue weighted by Gasteiger charge is -2.22. The van der Waals surface area contributed by atoms with Gasteiger partial charge in [0.05, 0.1) is 39.7 Å². The minimum Gasteiger partial charge on any atom is -0.497 e. The van der Waals surface area contributed by atoms with Crippen molar-refractivity contribution in [2.75, 3.05) is 38.9 Å². The van der Waals surface area contributed by atoms with Crippen molar-refractivity contribution < 1.29 is 18.9 Å². The van der Waals surface area contributed by atoms with Crippen molar-refractivity contribution in [1.29, 1.82) is 0 Å². The second kappa shape index (κ2) is 12.3. The Morgan fingerprint density at radius 2 is 1.52 bits per heavy atom. The van der Waals surface area contributed by atoms with Crippen LogP contribution in [0.25, 0.3) is 0 Å². The van der Waals surface area contributed by atoms with Gasteiger partial charge in [-0.25, -0.2) is 4.98 Å². The van der Waals surface area contributed by atoms with Gasteiger partial charge in [0.15, 0.2) is 5.13 Å². The van der Waals surface area contributed by atoms with Gasteiger partial charge in [0.2, 0.25) is 0 Å². The van der Waals surface area contributed by atoms with Crippen LogP contribution >= 0.6 is 11.3 Å². The fourth-order valence-electron chi connectivity index (χ4n) is 3.08. The zero-order valence-corrected chi connectivity index (χ0v) is 18.9. The van der Waals surface area contributed by atoms with Gasteiger partial charge >= 0.3 is 0 Å². The number of nitrogens with zero attached hydrogens (tertiary/aromatic N) is 2. The summed E-state index contributed by atoms with van der Waals surface area (Å²) in [6.07, 6.45) is 0. The molecule has 0 N–H and O–H groups in total. The molecule has 3 aromatic rings. The van der Waals surface area contributed by atoms with Crippen LogP contribution < -0.4 is 14.4 Å². The molecule has 0 atom stereocenters. The molecular formula is C24H29N2O4S. The first-order valence-corrected chi connectivity index (χ1v) is 11.0. The summed E-state index contributed by atoms with van der Waals surface area (Å²) in [6, 6.07) is 16.2. The predicted octanol–water partition coefficient (Wildman–Crippen LogP) is 4.73. The minimum atomic E-state index is 0.452. The zero-order chi connectivity index (χ0) is 21.9. The maximum Gasteiger partial charge on any atom is 0.186 e. The van der Waals surface area contributed by atoms with Crippen molar-refractivity contribution in [1.82, 2.24) is 4.98 Å². The van der Waals surface area contributed by atoms with E-state index in [4.69, 9.17) is 23.9 Å². The van der Waals surface area contributed by atoms with E-state index in [1.807, 2.05) is 29.6 Å². The van der Waals surface area contributed by atoms with Crippen molar-refractivity contribution in [3.63, 3.8) is 0 Å². The average molecular weight is 442 g/mol. The largest absolute Gasteiger partial charge is 0.497 e. The predicted molar refractivity (Wildman–Crippen MR) is 124 cm³/mol. The molecular weight excluding hydrogens is 412 g/mol. The Morgan fingerprint density at radius 1 is 0.903 bits per heavy atom. The lowest BCUT2D eigenvalue weighted by atomic mass is 10.1. The Labute approximate surface area is 188 Å². The maximum atomic E-state index is 5.65. The van der Waals surface area contributed by atoms with Crippen molar-refractivity contribution in [2.24, 2.45) is 0 Å². The summed E-state index contributed by atoms with van der Waals surface area (Å²) in [6.45, 7) is 7.04. The molecule has 0 amide bonds. The molecule has 0 saturated heterocycles. The normalized spacial score (nSPS) is 10.8. The van der Waals surface area contributed by atoms with Crippen LogP contribution in [-0.2, 0) is 29.2 Å². The lowest BCUT2D eigenvalue weighted by Crippen LogP contribution is -2.22. The summed E-state index contributed by atoms with van der Waals surface area (Å²) >= 11 is 1.62. The summed E-state index contributed by atoms with van der Waals surface area (Å²) in [5.41, 5.74) is 3.22. The molecule has 0 aliphatic heterocycles. The van der Waals surface area contributed by atoms with Crippen molar-refractivity contribution in [2.45, 2.75) is 19.7 Å². The van der Waals surface area contributed by atoms with E-state index >= 15 is 0 Å². The number of rotatable bonds is 13. The molecule has 3 rings (SSSR count). The molecule has 7 heteroatoms. The van der Waals surface area contributed by atoms with E-state index in [1.165, 1.54) is 0 Å². The van der Waals surface area contributed by atoms with E-state index in [-0.39, 0.29) is 0 Å². The lowest BCUT2D eigenvalue weighted by molar-refractivity contribution is 0.0489. The van der Waals surface area contributed by atoms with Crippen LogP contribution in [-0.4, -0.2) is 39.0 Å². The number of methoxy groups -OCH3 is 2. The quantitative estimate of drug-likeness (QED) is 0.357. The van der Waals surface area contributed by atoms with Gasteiger partial charge in [0.25, 0.3) is 0 Å². The third kappa shape index (κ3) is 7.24. The van der Waals surface area contributed by atoms with E-state index in [2.05, 4.69) is 36.1 Å². The summed E-state index contributed by atoms with van der Waals surface area (Å²) in [5.74, 6) is 1.69. The number of thiazole rings is 1. The average Bonchev–Trinajstić information content (AvgIpc) is 3.28. The Balaban J connectivity index is 1.75. The van der Waals surface area contributed by atoms with Crippen molar-refractivity contribution in [3.8, 4) is 11.5 Å². The summed E-state index contributed by atoms with van der Waals surface area (Å²) in [4.78, 5) is 7.06. The SMILES string of the molecule is [CH2]COCCOCc1csc(N(Cc2cccc(OC)c2)Cc2cccc(OC)c2)n1. The Hall–Kier alpha value is -2.61. The molecule has 6 nitrogen and oxygen atoms in total. The monoisotopic (exact) mass is 441 g/mol. The Morgan fingerprint density at radius 3 is 2.10 bits per heavy atom. The first kappa shape index (κ1) is 23.1. The van der Waals surface area contributed by atoms with Crippen LogP contribution in [0.3, 0.4) is 0 Å². The highest BCUT2D eigenvalue weighted by atomic mass is 32.1. The van der Waals surface area contributed by atoms with Crippen LogP contribution in [0.1, 0.15) is 16.8 Å². The Kier molecular flexibility index (Phi) is 9.15. The standard InChI is InChI=1S/C24H29N2O4S/c1-4-29-11-12-30-17-21-18-31-24(25-21)26(15-19-7-5-9-22(13-19)27-2)16-20-8-6-10-23(14-20)28-3/h5-10,13-14,18H,1,4,11-12,15-17H2,2-3H3. The molecule has 2 aromatic carbocycles. The fraction of sp³-hybridized carbons (Fsp3) is 0.333. The van der Waals surface area contributed by atoms with Gasteiger partial charge in [-0.05, 0) is 42.3 Å².